The van der Waals surface area contributed by atoms with Gasteiger partial charge in [-0.3, -0.25) is 4.79 Å². The lowest BCUT2D eigenvalue weighted by Crippen LogP contribution is -2.36. The quantitative estimate of drug-likeness (QED) is 0.690. The maximum absolute atomic E-state index is 12.5. The van der Waals surface area contributed by atoms with Crippen molar-refractivity contribution in [3.8, 4) is 5.75 Å². The van der Waals surface area contributed by atoms with Crippen molar-refractivity contribution in [3.05, 3.63) is 53.8 Å². The van der Waals surface area contributed by atoms with Crippen molar-refractivity contribution in [2.75, 3.05) is 36.5 Å². The molecule has 4 rings (SSSR count). The molecular formula is C21H21ClN4O3. The van der Waals surface area contributed by atoms with Gasteiger partial charge in [-0.1, -0.05) is 17.7 Å². The van der Waals surface area contributed by atoms with Crippen LogP contribution in [-0.2, 0) is 9.53 Å². The summed E-state index contributed by atoms with van der Waals surface area (Å²) in [4.78, 5) is 23.5. The number of anilines is 2. The SMILES string of the molecule is C[C@H](Oc1cccc(Cl)c1)C(=O)Nc1ccc2c(N3CCOCC3)ncnc2c1. The molecule has 1 atom stereocenters. The Bertz CT molecular complexity index is 1020. The van der Waals surface area contributed by atoms with Crippen LogP contribution in [0.15, 0.2) is 48.8 Å². The Kier molecular flexibility index (Phi) is 5.78. The predicted octanol–water partition coefficient (Wildman–Crippen LogP) is 3.53. The Morgan fingerprint density at radius 2 is 2.03 bits per heavy atom. The van der Waals surface area contributed by atoms with Crippen LogP contribution in [0.1, 0.15) is 6.92 Å². The van der Waals surface area contributed by atoms with Gasteiger partial charge in [-0.15, -0.1) is 0 Å². The van der Waals surface area contributed by atoms with Crippen LogP contribution in [0, 0.1) is 0 Å². The molecule has 1 saturated heterocycles. The van der Waals surface area contributed by atoms with E-state index < -0.39 is 6.10 Å². The number of fused-ring (bicyclic) bond motifs is 1. The van der Waals surface area contributed by atoms with Crippen LogP contribution < -0.4 is 15.0 Å². The Morgan fingerprint density at radius 1 is 1.21 bits per heavy atom. The molecule has 7 nitrogen and oxygen atoms in total. The minimum atomic E-state index is -0.682. The topological polar surface area (TPSA) is 76.6 Å². The van der Waals surface area contributed by atoms with Crippen LogP contribution in [0.3, 0.4) is 0 Å². The lowest BCUT2D eigenvalue weighted by molar-refractivity contribution is -0.122. The van der Waals surface area contributed by atoms with Crippen molar-refractivity contribution >= 4 is 39.9 Å². The highest BCUT2D eigenvalue weighted by molar-refractivity contribution is 6.30. The molecule has 2 heterocycles. The van der Waals surface area contributed by atoms with E-state index in [1.807, 2.05) is 18.2 Å². The summed E-state index contributed by atoms with van der Waals surface area (Å²) in [7, 11) is 0. The highest BCUT2D eigenvalue weighted by atomic mass is 35.5. The Morgan fingerprint density at radius 3 is 2.83 bits per heavy atom. The molecule has 0 unspecified atom stereocenters. The van der Waals surface area contributed by atoms with E-state index in [2.05, 4.69) is 20.2 Å². The predicted molar refractivity (Wildman–Crippen MR) is 113 cm³/mol. The molecule has 0 spiro atoms. The number of nitrogens with one attached hydrogen (secondary N) is 1. The van der Waals surface area contributed by atoms with Crippen LogP contribution in [0.2, 0.25) is 5.02 Å². The van der Waals surface area contributed by atoms with Crippen molar-refractivity contribution in [3.63, 3.8) is 0 Å². The molecule has 0 saturated carbocycles. The van der Waals surface area contributed by atoms with Crippen LogP contribution in [0.4, 0.5) is 11.5 Å². The summed E-state index contributed by atoms with van der Waals surface area (Å²) in [5, 5.41) is 4.37. The third kappa shape index (κ3) is 4.58. The number of rotatable bonds is 5. The summed E-state index contributed by atoms with van der Waals surface area (Å²) in [5.74, 6) is 1.17. The molecule has 1 fully saturated rings. The van der Waals surface area contributed by atoms with Crippen molar-refractivity contribution < 1.29 is 14.3 Å². The molecule has 1 aliphatic heterocycles. The van der Waals surface area contributed by atoms with E-state index in [4.69, 9.17) is 21.1 Å². The van der Waals surface area contributed by atoms with Gasteiger partial charge in [0.15, 0.2) is 6.10 Å². The third-order valence-corrected chi connectivity index (χ3v) is 4.91. The fourth-order valence-corrected chi connectivity index (χ4v) is 3.37. The van der Waals surface area contributed by atoms with Gasteiger partial charge in [-0.2, -0.15) is 0 Å². The largest absolute Gasteiger partial charge is 0.481 e. The van der Waals surface area contributed by atoms with E-state index >= 15 is 0 Å². The minimum absolute atomic E-state index is 0.258. The summed E-state index contributed by atoms with van der Waals surface area (Å²) >= 11 is 5.96. The molecule has 1 aromatic heterocycles. The monoisotopic (exact) mass is 412 g/mol. The summed E-state index contributed by atoms with van der Waals surface area (Å²) in [5.41, 5.74) is 1.42. The summed E-state index contributed by atoms with van der Waals surface area (Å²) < 4.78 is 11.1. The number of carbonyl (C=O) groups is 1. The second kappa shape index (κ2) is 8.63. The number of amides is 1. The lowest BCUT2D eigenvalue weighted by atomic mass is 10.2. The third-order valence-electron chi connectivity index (χ3n) is 4.67. The van der Waals surface area contributed by atoms with E-state index in [0.717, 1.165) is 29.8 Å². The molecule has 3 aromatic rings. The lowest BCUT2D eigenvalue weighted by Gasteiger charge is -2.28. The van der Waals surface area contributed by atoms with Crippen molar-refractivity contribution in [2.24, 2.45) is 0 Å². The van der Waals surface area contributed by atoms with Gasteiger partial charge in [-0.25, -0.2) is 9.97 Å². The average molecular weight is 413 g/mol. The molecule has 29 heavy (non-hydrogen) atoms. The summed E-state index contributed by atoms with van der Waals surface area (Å²) in [6, 6.07) is 12.6. The van der Waals surface area contributed by atoms with Crippen molar-refractivity contribution in [2.45, 2.75) is 13.0 Å². The van der Waals surface area contributed by atoms with E-state index in [0.29, 0.717) is 29.7 Å². The smallest absolute Gasteiger partial charge is 0.265 e. The zero-order valence-corrected chi connectivity index (χ0v) is 16.7. The number of ether oxygens (including phenoxy) is 2. The van der Waals surface area contributed by atoms with Gasteiger partial charge in [0.1, 0.15) is 17.9 Å². The van der Waals surface area contributed by atoms with Gasteiger partial charge < -0.3 is 19.7 Å². The zero-order valence-electron chi connectivity index (χ0n) is 16.0. The van der Waals surface area contributed by atoms with Crippen LogP contribution >= 0.6 is 11.6 Å². The van der Waals surface area contributed by atoms with Crippen molar-refractivity contribution in [1.82, 2.24) is 9.97 Å². The van der Waals surface area contributed by atoms with Gasteiger partial charge in [0, 0.05) is 29.2 Å². The van der Waals surface area contributed by atoms with Crippen LogP contribution in [-0.4, -0.2) is 48.3 Å². The van der Waals surface area contributed by atoms with Gasteiger partial charge in [-0.05, 0) is 43.3 Å². The average Bonchev–Trinajstić information content (AvgIpc) is 2.73. The number of hydrogen-bond donors (Lipinski definition) is 1. The number of carbonyl (C=O) groups excluding carboxylic acids is 1. The fourth-order valence-electron chi connectivity index (χ4n) is 3.19. The number of morpholine rings is 1. The van der Waals surface area contributed by atoms with Gasteiger partial charge in [0.25, 0.3) is 5.91 Å². The molecular weight excluding hydrogens is 392 g/mol. The molecule has 8 heteroatoms. The zero-order chi connectivity index (χ0) is 20.2. The first-order chi connectivity index (χ1) is 14.1. The van der Waals surface area contributed by atoms with Gasteiger partial charge in [0.05, 0.1) is 18.7 Å². The van der Waals surface area contributed by atoms with Crippen LogP contribution in [0.5, 0.6) is 5.75 Å². The molecule has 150 valence electrons. The van der Waals surface area contributed by atoms with Gasteiger partial charge in [0.2, 0.25) is 0 Å². The highest BCUT2D eigenvalue weighted by Gasteiger charge is 2.18. The number of benzene rings is 2. The normalized spacial score (nSPS) is 15.2. The van der Waals surface area contributed by atoms with E-state index in [9.17, 15) is 4.79 Å². The van der Waals surface area contributed by atoms with Crippen molar-refractivity contribution in [1.29, 1.82) is 0 Å². The minimum Gasteiger partial charge on any atom is -0.481 e. The highest BCUT2D eigenvalue weighted by Crippen LogP contribution is 2.26. The van der Waals surface area contributed by atoms with E-state index in [-0.39, 0.29) is 5.91 Å². The molecule has 0 aliphatic carbocycles. The molecule has 1 amide bonds. The molecule has 1 N–H and O–H groups in total. The molecule has 1 aliphatic rings. The molecule has 2 aromatic carbocycles. The van der Waals surface area contributed by atoms with Gasteiger partial charge >= 0.3 is 0 Å². The summed E-state index contributed by atoms with van der Waals surface area (Å²) in [6.07, 6.45) is 0.863. The second-order valence-corrected chi connectivity index (χ2v) is 7.17. The Hall–Kier alpha value is -2.90. The first kappa shape index (κ1) is 19.4. The fraction of sp³-hybridized carbons (Fsp3) is 0.286. The Balaban J connectivity index is 1.48. The standard InChI is InChI=1S/C21H21ClN4O3/c1-14(29-17-4-2-3-15(22)11-17)21(27)25-16-5-6-18-19(12-16)23-13-24-20(18)26-7-9-28-10-8-26/h2-6,11-14H,7-10H2,1H3,(H,25,27)/t14-/m0/s1. The van der Waals surface area contributed by atoms with E-state index in [1.54, 1.807) is 37.5 Å². The number of hydrogen-bond acceptors (Lipinski definition) is 6. The van der Waals surface area contributed by atoms with Crippen LogP contribution in [0.25, 0.3) is 10.9 Å². The Labute approximate surface area is 173 Å². The number of aromatic nitrogens is 2. The first-order valence-electron chi connectivity index (χ1n) is 9.41. The maximum Gasteiger partial charge on any atom is 0.265 e. The second-order valence-electron chi connectivity index (χ2n) is 6.74. The first-order valence-corrected chi connectivity index (χ1v) is 9.78. The summed E-state index contributed by atoms with van der Waals surface area (Å²) in [6.45, 7) is 4.65. The molecule has 0 radical (unpaired) electrons. The van der Waals surface area contributed by atoms with E-state index in [1.165, 1.54) is 0 Å². The number of halogens is 1. The number of nitrogens with zero attached hydrogens (tertiary/aromatic N) is 3. The maximum atomic E-state index is 12.5. The molecule has 0 bridgehead atoms.